The van der Waals surface area contributed by atoms with Crippen molar-refractivity contribution in [2.45, 2.75) is 113 Å². The van der Waals surface area contributed by atoms with E-state index in [0.717, 1.165) is 50.3 Å². The first kappa shape index (κ1) is 33.3. The van der Waals surface area contributed by atoms with Crippen molar-refractivity contribution in [3.63, 3.8) is 0 Å². The summed E-state index contributed by atoms with van der Waals surface area (Å²) in [4.78, 5) is 41.8. The lowest BCUT2D eigenvalue weighted by Crippen LogP contribution is -2.70. The van der Waals surface area contributed by atoms with Gasteiger partial charge in [-0.3, -0.25) is 4.79 Å². The number of hydrogen-bond acceptors (Lipinski definition) is 7. The maximum atomic E-state index is 14.7. The Morgan fingerprint density at radius 3 is 2.28 bits per heavy atom. The monoisotopic (exact) mass is 701 g/mol. The highest BCUT2D eigenvalue weighted by molar-refractivity contribution is 6.00. The molecule has 7 aliphatic rings. The van der Waals surface area contributed by atoms with Crippen LogP contribution in [-0.2, 0) is 21.2 Å². The molecule has 4 bridgehead atoms. The van der Waals surface area contributed by atoms with Crippen molar-refractivity contribution in [3.05, 3.63) is 46.8 Å². The van der Waals surface area contributed by atoms with Crippen LogP contribution in [0.25, 0.3) is 0 Å². The van der Waals surface area contributed by atoms with Crippen LogP contribution in [0, 0.1) is 23.7 Å². The summed E-state index contributed by atoms with van der Waals surface area (Å²) < 4.78 is 70.7. The number of benzene rings is 1. The summed E-state index contributed by atoms with van der Waals surface area (Å²) in [5, 5.41) is 17.2. The number of nitrogens with zero attached hydrogens (tertiary/aromatic N) is 4. The molecule has 14 heteroatoms. The molecule has 2 N–H and O–H groups in total. The maximum Gasteiger partial charge on any atom is 0.434 e. The minimum atomic E-state index is -5.02. The van der Waals surface area contributed by atoms with Crippen LogP contribution in [0.2, 0.25) is 0 Å². The quantitative estimate of drug-likeness (QED) is 0.176. The minimum Gasteiger partial charge on any atom is -0.479 e. The summed E-state index contributed by atoms with van der Waals surface area (Å²) >= 11 is 0. The van der Waals surface area contributed by atoms with E-state index in [1.165, 1.54) is 0 Å². The van der Waals surface area contributed by atoms with Gasteiger partial charge in [0, 0.05) is 23.8 Å². The number of aliphatic carboxylic acids is 1. The number of anilines is 2. The van der Waals surface area contributed by atoms with E-state index >= 15 is 0 Å². The Bertz CT molecular complexity index is 1720. The molecule has 1 aliphatic heterocycles. The van der Waals surface area contributed by atoms with E-state index in [1.54, 1.807) is 24.0 Å². The van der Waals surface area contributed by atoms with Crippen molar-refractivity contribution in [3.8, 4) is 0 Å². The second-order valence-corrected chi connectivity index (χ2v) is 15.7. The molecule has 0 radical (unpaired) electrons. The van der Waals surface area contributed by atoms with E-state index in [1.807, 2.05) is 6.07 Å². The first-order chi connectivity index (χ1) is 23.7. The van der Waals surface area contributed by atoms with Crippen molar-refractivity contribution in [1.82, 2.24) is 15.3 Å². The number of carboxylic acids is 1. The number of oxime groups is 1. The number of carbonyl (C=O) groups excluding carboxylic acids is 1. The Hall–Kier alpha value is -3.84. The van der Waals surface area contributed by atoms with Crippen LogP contribution < -0.4 is 10.2 Å². The molecule has 50 heavy (non-hydrogen) atoms. The van der Waals surface area contributed by atoms with E-state index in [4.69, 9.17) is 4.84 Å². The van der Waals surface area contributed by atoms with Gasteiger partial charge in [-0.05, 0) is 98.8 Å². The number of nitrogens with one attached hydrogen (secondary N) is 1. The van der Waals surface area contributed by atoms with E-state index in [0.29, 0.717) is 61.0 Å². The normalized spacial score (nSPS) is 31.0. The Morgan fingerprint density at radius 1 is 1.02 bits per heavy atom. The molecule has 6 fully saturated rings. The first-order valence-electron chi connectivity index (χ1n) is 17.7. The topological polar surface area (TPSA) is 117 Å². The maximum absolute atomic E-state index is 14.7. The number of hydrogen-bond donors (Lipinski definition) is 2. The average molecular weight is 702 g/mol. The van der Waals surface area contributed by atoms with Gasteiger partial charge in [0.2, 0.25) is 5.95 Å². The van der Waals surface area contributed by atoms with E-state index in [2.05, 4.69) is 20.4 Å². The Morgan fingerprint density at radius 2 is 1.68 bits per heavy atom. The number of rotatable bonds is 7. The lowest BCUT2D eigenvalue weighted by atomic mass is 9.48. The molecular formula is C36H40F5N5O4. The Balaban J connectivity index is 1.11. The zero-order valence-electron chi connectivity index (χ0n) is 27.7. The Kier molecular flexibility index (Phi) is 7.72. The molecule has 268 valence electrons. The van der Waals surface area contributed by atoms with Crippen molar-refractivity contribution in [2.24, 2.45) is 28.8 Å². The SMILES string of the molecule is C/C(=N\OC1CC(F)(F)C1)c1ccc2c(c1)C1(CCCCC1)CN2c1ncc(C(=O)NC2(C(=O)O)C3CC4CC(C3)CC2C4)c(C(F)(F)F)n1. The highest BCUT2D eigenvalue weighted by Crippen LogP contribution is 2.58. The van der Waals surface area contributed by atoms with Crippen LogP contribution in [0.4, 0.5) is 33.6 Å². The van der Waals surface area contributed by atoms with E-state index in [9.17, 15) is 36.6 Å². The summed E-state index contributed by atoms with van der Waals surface area (Å²) in [6, 6.07) is 5.49. The third-order valence-corrected chi connectivity index (χ3v) is 12.6. The lowest BCUT2D eigenvalue weighted by molar-refractivity contribution is -0.165. The van der Waals surface area contributed by atoms with Gasteiger partial charge in [0.05, 0.1) is 24.1 Å². The zero-order valence-corrected chi connectivity index (χ0v) is 27.7. The summed E-state index contributed by atoms with van der Waals surface area (Å²) in [6.45, 7) is 2.06. The van der Waals surface area contributed by atoms with E-state index in [-0.39, 0.29) is 36.0 Å². The standard InChI is InChI=1S/C36H40F5N5O4/c1-19(45-50-25-15-34(37,38)16-25)22-5-6-28-27(14-22)33(7-3-2-4-8-33)18-46(28)32-42-17-26(29(43-32)36(39,40)41)30(47)44-35(31(48)49)23-10-20-9-21(12-23)13-24(35)11-20/h5-6,14,17,20-21,23-25H,2-4,7-13,15-16,18H2,1H3,(H,44,47)(H,48,49)/b45-19+. The highest BCUT2D eigenvalue weighted by Gasteiger charge is 2.62. The molecular weight excluding hydrogens is 661 g/mol. The molecule has 9 nitrogen and oxygen atoms in total. The van der Waals surface area contributed by atoms with Gasteiger partial charge in [-0.25, -0.2) is 23.5 Å². The van der Waals surface area contributed by atoms with Crippen LogP contribution in [0.5, 0.6) is 0 Å². The van der Waals surface area contributed by atoms with Gasteiger partial charge in [0.25, 0.3) is 11.8 Å². The molecule has 6 aliphatic carbocycles. The van der Waals surface area contributed by atoms with Crippen LogP contribution in [0.15, 0.2) is 29.6 Å². The number of fused-ring (bicyclic) bond motifs is 2. The number of halogens is 5. The largest absolute Gasteiger partial charge is 0.479 e. The van der Waals surface area contributed by atoms with Gasteiger partial charge in [-0.1, -0.05) is 30.5 Å². The van der Waals surface area contributed by atoms with Crippen molar-refractivity contribution in [2.75, 3.05) is 11.4 Å². The predicted molar refractivity (Wildman–Crippen MR) is 171 cm³/mol. The van der Waals surface area contributed by atoms with Crippen molar-refractivity contribution >= 4 is 29.2 Å². The average Bonchev–Trinajstić information content (AvgIpc) is 3.35. The van der Waals surface area contributed by atoms with Crippen LogP contribution in [0.1, 0.15) is 111 Å². The van der Waals surface area contributed by atoms with Gasteiger partial charge < -0.3 is 20.2 Å². The van der Waals surface area contributed by atoms with Crippen LogP contribution >= 0.6 is 0 Å². The van der Waals surface area contributed by atoms with Crippen LogP contribution in [0.3, 0.4) is 0 Å². The third kappa shape index (κ3) is 5.42. The second-order valence-electron chi connectivity index (χ2n) is 15.7. The zero-order chi connectivity index (χ0) is 35.2. The predicted octanol–water partition coefficient (Wildman–Crippen LogP) is 7.40. The molecule has 0 saturated heterocycles. The molecule has 1 spiro atoms. The van der Waals surface area contributed by atoms with Crippen molar-refractivity contribution in [1.29, 1.82) is 0 Å². The molecule has 0 atom stereocenters. The third-order valence-electron chi connectivity index (χ3n) is 12.6. The van der Waals surface area contributed by atoms with Gasteiger partial charge in [-0.2, -0.15) is 13.2 Å². The van der Waals surface area contributed by atoms with Gasteiger partial charge in [0.1, 0.15) is 11.6 Å². The molecule has 1 aromatic heterocycles. The van der Waals surface area contributed by atoms with E-state index < -0.39 is 46.9 Å². The summed E-state index contributed by atoms with van der Waals surface area (Å²) in [5.74, 6) is -5.17. The second kappa shape index (κ2) is 11.6. The molecule has 6 saturated carbocycles. The smallest absolute Gasteiger partial charge is 0.434 e. The molecule has 9 rings (SSSR count). The Labute approximate surface area is 286 Å². The number of alkyl halides is 5. The van der Waals surface area contributed by atoms with Crippen molar-refractivity contribution < 1.29 is 41.5 Å². The van der Waals surface area contributed by atoms with Gasteiger partial charge in [0.15, 0.2) is 5.69 Å². The summed E-state index contributed by atoms with van der Waals surface area (Å²) in [7, 11) is 0. The summed E-state index contributed by atoms with van der Waals surface area (Å²) in [6.07, 6.45) is 2.55. The fourth-order valence-electron chi connectivity index (χ4n) is 10.3. The van der Waals surface area contributed by atoms with Gasteiger partial charge in [-0.15, -0.1) is 0 Å². The fraction of sp³-hybridized carbons (Fsp3) is 0.639. The summed E-state index contributed by atoms with van der Waals surface area (Å²) in [5.41, 5.74) is -1.44. The van der Waals surface area contributed by atoms with Crippen LogP contribution in [-0.4, -0.2) is 56.8 Å². The molecule has 1 amide bonds. The van der Waals surface area contributed by atoms with Gasteiger partial charge >= 0.3 is 12.1 Å². The molecule has 1 aromatic carbocycles. The first-order valence-corrected chi connectivity index (χ1v) is 17.7. The highest BCUT2D eigenvalue weighted by atomic mass is 19.4. The molecule has 0 unspecified atom stereocenters. The lowest BCUT2D eigenvalue weighted by Gasteiger charge is -2.59. The number of aromatic nitrogens is 2. The molecule has 2 heterocycles. The number of carbonyl (C=O) groups is 2. The minimum absolute atomic E-state index is 0.201. The number of carboxylic acid groups (broad SMARTS) is 1. The number of amides is 1. The molecule has 2 aromatic rings. The fourth-order valence-corrected chi connectivity index (χ4v) is 10.3.